The second kappa shape index (κ2) is 10.2. The average Bonchev–Trinajstić information content (AvgIpc) is 3.65. The van der Waals surface area contributed by atoms with E-state index in [4.69, 9.17) is 23.7 Å². The Balaban J connectivity index is 1.51. The number of hydrogen-bond acceptors (Lipinski definition) is 9. The van der Waals surface area contributed by atoms with E-state index in [2.05, 4.69) is 19.9 Å². The van der Waals surface area contributed by atoms with Crippen LogP contribution in [-0.4, -0.2) is 84.2 Å². The van der Waals surface area contributed by atoms with E-state index in [1.165, 1.54) is 11.6 Å². The fourth-order valence-electron chi connectivity index (χ4n) is 7.04. The van der Waals surface area contributed by atoms with Gasteiger partial charge in [-0.05, 0) is 39.0 Å². The Kier molecular flexibility index (Phi) is 7.37. The summed E-state index contributed by atoms with van der Waals surface area (Å²) in [5.41, 5.74) is -0.771. The molecular weight excluding hydrogens is 492 g/mol. The number of aliphatic hydroxyl groups excluding tert-OH is 2. The minimum absolute atomic E-state index is 0.0195. The molecule has 3 heterocycles. The van der Waals surface area contributed by atoms with Crippen LogP contribution in [0.5, 0.6) is 0 Å². The van der Waals surface area contributed by atoms with Crippen LogP contribution in [-0.2, 0) is 33.3 Å². The highest BCUT2D eigenvalue weighted by Gasteiger charge is 2.83. The maximum atomic E-state index is 13.1. The molecule has 9 nitrogen and oxygen atoms in total. The van der Waals surface area contributed by atoms with Crippen LogP contribution in [0.3, 0.4) is 0 Å². The zero-order chi connectivity index (χ0) is 27.3. The monoisotopic (exact) mass is 532 g/mol. The summed E-state index contributed by atoms with van der Waals surface area (Å²) in [6.45, 7) is 8.27. The first kappa shape index (κ1) is 27.5. The number of esters is 2. The molecule has 2 bridgehead atoms. The lowest BCUT2D eigenvalue weighted by atomic mass is 9.51. The lowest BCUT2D eigenvalue weighted by molar-refractivity contribution is -0.234. The topological polar surface area (TPSA) is 124 Å². The van der Waals surface area contributed by atoms with Crippen molar-refractivity contribution in [1.29, 1.82) is 0 Å². The molecular formula is C29H40O9. The number of ether oxygens (including phenoxy) is 5. The van der Waals surface area contributed by atoms with Crippen molar-refractivity contribution in [3.63, 3.8) is 0 Å². The van der Waals surface area contributed by atoms with Crippen LogP contribution in [0.25, 0.3) is 0 Å². The molecule has 5 rings (SSSR count). The Morgan fingerprint density at radius 2 is 1.92 bits per heavy atom. The van der Waals surface area contributed by atoms with E-state index < -0.39 is 58.7 Å². The SMILES string of the molecule is CC1=CC2OC3C[C@@H]4OC(=O)/C=C\C=C/[C@H]([C@@H](C)O)OCC[C@@H](C)[C@H](O)C(=O)OCC2(CC1)[C@]4(C)[C@@]31CO1. The maximum absolute atomic E-state index is 13.1. The van der Waals surface area contributed by atoms with Crippen LogP contribution in [0, 0.1) is 16.7 Å². The van der Waals surface area contributed by atoms with Gasteiger partial charge in [0, 0.05) is 24.5 Å². The fourth-order valence-corrected chi connectivity index (χ4v) is 7.04. The number of carbonyl (C=O) groups excluding carboxylic acids is 2. The van der Waals surface area contributed by atoms with Crippen molar-refractivity contribution in [3.8, 4) is 0 Å². The van der Waals surface area contributed by atoms with Gasteiger partial charge in [0.15, 0.2) is 6.10 Å². The Morgan fingerprint density at radius 1 is 1.16 bits per heavy atom. The van der Waals surface area contributed by atoms with Gasteiger partial charge in [-0.2, -0.15) is 0 Å². The van der Waals surface area contributed by atoms with Gasteiger partial charge in [0.1, 0.15) is 24.4 Å². The number of allylic oxidation sites excluding steroid dienone is 3. The van der Waals surface area contributed by atoms with Gasteiger partial charge in [-0.25, -0.2) is 9.59 Å². The van der Waals surface area contributed by atoms with Gasteiger partial charge in [0.05, 0.1) is 30.3 Å². The van der Waals surface area contributed by atoms with Crippen LogP contribution in [0.15, 0.2) is 36.0 Å². The van der Waals surface area contributed by atoms with Crippen LogP contribution in [0.2, 0.25) is 0 Å². The first-order valence-electron chi connectivity index (χ1n) is 13.7. The normalized spacial score (nSPS) is 48.0. The molecule has 0 aromatic heterocycles. The number of hydrogen-bond donors (Lipinski definition) is 2. The van der Waals surface area contributed by atoms with E-state index in [0.29, 0.717) is 25.9 Å². The zero-order valence-corrected chi connectivity index (χ0v) is 22.6. The highest BCUT2D eigenvalue weighted by atomic mass is 16.6. The molecule has 2 saturated heterocycles. The molecule has 3 aliphatic heterocycles. The second-order valence-corrected chi connectivity index (χ2v) is 11.9. The third-order valence-electron chi connectivity index (χ3n) is 9.73. The van der Waals surface area contributed by atoms with Gasteiger partial charge >= 0.3 is 11.9 Å². The van der Waals surface area contributed by atoms with Crippen LogP contribution >= 0.6 is 0 Å². The summed E-state index contributed by atoms with van der Waals surface area (Å²) in [6.07, 6.45) is 6.89. The van der Waals surface area contributed by atoms with Crippen molar-refractivity contribution >= 4 is 11.9 Å². The molecule has 0 aromatic rings. The Labute approximate surface area is 223 Å². The quantitative estimate of drug-likeness (QED) is 0.298. The molecule has 2 N–H and O–H groups in total. The van der Waals surface area contributed by atoms with Gasteiger partial charge in [-0.15, -0.1) is 0 Å². The highest BCUT2D eigenvalue weighted by Crippen LogP contribution is 2.72. The molecule has 9 heteroatoms. The Bertz CT molecular complexity index is 1030. The van der Waals surface area contributed by atoms with E-state index >= 15 is 0 Å². The van der Waals surface area contributed by atoms with E-state index in [0.717, 1.165) is 6.42 Å². The zero-order valence-electron chi connectivity index (χ0n) is 22.6. The molecule has 2 aliphatic carbocycles. The Hall–Kier alpha value is -2.04. The van der Waals surface area contributed by atoms with Crippen LogP contribution in [0.4, 0.5) is 0 Å². The lowest BCUT2D eigenvalue weighted by Crippen LogP contribution is -2.66. The van der Waals surface area contributed by atoms with Gasteiger partial charge in [0.25, 0.3) is 0 Å². The van der Waals surface area contributed by atoms with Crippen LogP contribution < -0.4 is 0 Å². The minimum atomic E-state index is -1.33. The largest absolute Gasteiger partial charge is 0.463 e. The van der Waals surface area contributed by atoms with Crippen molar-refractivity contribution in [2.45, 2.75) is 95.6 Å². The van der Waals surface area contributed by atoms with Gasteiger partial charge < -0.3 is 33.9 Å². The fraction of sp³-hybridized carbons (Fsp3) is 0.724. The van der Waals surface area contributed by atoms with E-state index in [-0.39, 0.29) is 25.4 Å². The molecule has 0 aromatic carbocycles. The molecule has 0 radical (unpaired) electrons. The van der Waals surface area contributed by atoms with Crippen molar-refractivity contribution in [3.05, 3.63) is 36.0 Å². The molecule has 0 amide bonds. The smallest absolute Gasteiger partial charge is 0.335 e. The maximum Gasteiger partial charge on any atom is 0.335 e. The van der Waals surface area contributed by atoms with Gasteiger partial charge in [-0.3, -0.25) is 0 Å². The first-order chi connectivity index (χ1) is 18.0. The highest BCUT2D eigenvalue weighted by molar-refractivity contribution is 5.82. The molecule has 3 fully saturated rings. The van der Waals surface area contributed by atoms with Crippen molar-refractivity contribution < 1.29 is 43.5 Å². The summed E-state index contributed by atoms with van der Waals surface area (Å²) in [4.78, 5) is 26.0. The summed E-state index contributed by atoms with van der Waals surface area (Å²) in [5, 5.41) is 20.8. The number of carbonyl (C=O) groups is 2. The molecule has 2 spiro atoms. The summed E-state index contributed by atoms with van der Waals surface area (Å²) in [6, 6.07) is 0. The predicted molar refractivity (Wildman–Crippen MR) is 136 cm³/mol. The molecule has 38 heavy (non-hydrogen) atoms. The predicted octanol–water partition coefficient (Wildman–Crippen LogP) is 2.39. The summed E-state index contributed by atoms with van der Waals surface area (Å²) < 4.78 is 30.4. The molecule has 210 valence electrons. The second-order valence-electron chi connectivity index (χ2n) is 11.9. The lowest BCUT2D eigenvalue weighted by Gasteiger charge is -2.58. The van der Waals surface area contributed by atoms with Crippen LogP contribution in [0.1, 0.15) is 53.4 Å². The standard InChI is InChI=1S/C29H40O9/c1-17-9-11-28-15-35-26(33)25(32)18(2)10-12-34-20(19(3)30)7-5-6-8-24(31)38-21-14-23(37-22(28)13-17)29(16-36-29)27(21,28)4/h5-8,13,18-23,25,30,32H,9-12,14-16H2,1-4H3/b7-5-,8-6-/t18-,19-,20-,21+,22?,23?,25+,27-,28?,29-/m1/s1. The Morgan fingerprint density at radius 3 is 2.63 bits per heavy atom. The van der Waals surface area contributed by atoms with E-state index in [1.54, 1.807) is 32.1 Å². The first-order valence-corrected chi connectivity index (χ1v) is 13.7. The third kappa shape index (κ3) is 4.36. The van der Waals surface area contributed by atoms with Crippen molar-refractivity contribution in [1.82, 2.24) is 0 Å². The molecule has 10 atom stereocenters. The van der Waals surface area contributed by atoms with E-state index in [9.17, 15) is 19.8 Å². The third-order valence-corrected chi connectivity index (χ3v) is 9.73. The molecule has 3 unspecified atom stereocenters. The molecule has 5 aliphatic rings. The summed E-state index contributed by atoms with van der Waals surface area (Å²) in [7, 11) is 0. The summed E-state index contributed by atoms with van der Waals surface area (Å²) in [5.74, 6) is -1.60. The van der Waals surface area contributed by atoms with Crippen molar-refractivity contribution in [2.24, 2.45) is 16.7 Å². The number of epoxide rings is 1. The molecule has 1 saturated carbocycles. The van der Waals surface area contributed by atoms with Crippen molar-refractivity contribution in [2.75, 3.05) is 19.8 Å². The van der Waals surface area contributed by atoms with Gasteiger partial charge in [-0.1, -0.05) is 43.7 Å². The summed E-state index contributed by atoms with van der Waals surface area (Å²) >= 11 is 0. The number of cyclic esters (lactones) is 1. The minimum Gasteiger partial charge on any atom is -0.463 e. The number of aliphatic hydroxyl groups is 2. The average molecular weight is 533 g/mol. The number of rotatable bonds is 1. The van der Waals surface area contributed by atoms with E-state index in [1.807, 2.05) is 0 Å². The van der Waals surface area contributed by atoms with Gasteiger partial charge in [0.2, 0.25) is 0 Å².